The Balaban J connectivity index is 2.03. The van der Waals surface area contributed by atoms with Gasteiger partial charge in [0.2, 0.25) is 0 Å². The fourth-order valence-corrected chi connectivity index (χ4v) is 1.93. The van der Waals surface area contributed by atoms with Crippen molar-refractivity contribution in [2.24, 2.45) is 5.92 Å². The summed E-state index contributed by atoms with van der Waals surface area (Å²) in [4.78, 5) is 11.2. The van der Waals surface area contributed by atoms with E-state index in [2.05, 4.69) is 5.16 Å². The van der Waals surface area contributed by atoms with Gasteiger partial charge in [-0.2, -0.15) is 0 Å². The van der Waals surface area contributed by atoms with Crippen LogP contribution in [0.2, 0.25) is 0 Å². The van der Waals surface area contributed by atoms with Gasteiger partial charge in [0, 0.05) is 19.6 Å². The number of ether oxygens (including phenoxy) is 1. The summed E-state index contributed by atoms with van der Waals surface area (Å²) in [6.45, 7) is 3.15. The molecule has 0 amide bonds. The molecule has 1 aromatic heterocycles. The number of aromatic nitrogens is 1. The van der Waals surface area contributed by atoms with Crippen LogP contribution in [0.3, 0.4) is 0 Å². The largest absolute Gasteiger partial charge is 0.381 e. The number of carbonyl (C=O) groups excluding carboxylic acids is 1. The maximum absolute atomic E-state index is 11.2. The van der Waals surface area contributed by atoms with E-state index in [0.29, 0.717) is 17.2 Å². The molecule has 0 saturated carbocycles. The molecule has 2 heterocycles. The Morgan fingerprint density at radius 2 is 2.53 bits per heavy atom. The zero-order chi connectivity index (χ0) is 10.7. The van der Waals surface area contributed by atoms with E-state index in [1.54, 1.807) is 0 Å². The first-order valence-electron chi connectivity index (χ1n) is 5.29. The van der Waals surface area contributed by atoms with E-state index in [4.69, 9.17) is 9.26 Å². The molecule has 1 atom stereocenters. The van der Waals surface area contributed by atoms with Crippen molar-refractivity contribution in [3.8, 4) is 0 Å². The average molecular weight is 209 g/mol. The van der Waals surface area contributed by atoms with Gasteiger partial charge in [-0.05, 0) is 25.7 Å². The van der Waals surface area contributed by atoms with Crippen LogP contribution < -0.4 is 0 Å². The summed E-state index contributed by atoms with van der Waals surface area (Å²) >= 11 is 0. The number of nitrogens with zero attached hydrogens (tertiary/aromatic N) is 1. The van der Waals surface area contributed by atoms with Gasteiger partial charge in [0.05, 0.1) is 11.8 Å². The van der Waals surface area contributed by atoms with Crippen LogP contribution in [0.1, 0.15) is 35.9 Å². The Morgan fingerprint density at radius 1 is 1.67 bits per heavy atom. The molecule has 4 nitrogen and oxygen atoms in total. The third kappa shape index (κ3) is 2.45. The Hall–Kier alpha value is -1.16. The molecule has 1 aromatic rings. The molecule has 1 unspecified atom stereocenters. The molecule has 0 aliphatic carbocycles. The van der Waals surface area contributed by atoms with Crippen molar-refractivity contribution >= 4 is 5.78 Å². The summed E-state index contributed by atoms with van der Waals surface area (Å²) in [7, 11) is 0. The highest BCUT2D eigenvalue weighted by atomic mass is 16.5. The number of rotatable bonds is 3. The van der Waals surface area contributed by atoms with Gasteiger partial charge in [-0.3, -0.25) is 4.79 Å². The molecule has 1 saturated heterocycles. The normalized spacial score (nSPS) is 21.5. The number of Topliss-reactive ketones (excluding diaryl/α,β-unsaturated/α-hetero) is 1. The van der Waals surface area contributed by atoms with E-state index in [1.165, 1.54) is 13.1 Å². The number of hydrogen-bond acceptors (Lipinski definition) is 4. The SMILES string of the molecule is CC(=O)c1cnoc1CC1CCCOC1. The van der Waals surface area contributed by atoms with Crippen molar-refractivity contribution in [1.82, 2.24) is 5.16 Å². The fraction of sp³-hybridized carbons (Fsp3) is 0.636. The number of hydrogen-bond donors (Lipinski definition) is 0. The first-order valence-corrected chi connectivity index (χ1v) is 5.29. The smallest absolute Gasteiger partial charge is 0.164 e. The monoisotopic (exact) mass is 209 g/mol. The fourth-order valence-electron chi connectivity index (χ4n) is 1.93. The Labute approximate surface area is 88.6 Å². The molecule has 0 aromatic carbocycles. The molecule has 1 fully saturated rings. The number of carbonyl (C=O) groups is 1. The van der Waals surface area contributed by atoms with Gasteiger partial charge in [0.25, 0.3) is 0 Å². The van der Waals surface area contributed by atoms with Crippen molar-refractivity contribution in [3.05, 3.63) is 17.5 Å². The Kier molecular flexibility index (Phi) is 3.16. The van der Waals surface area contributed by atoms with Crippen LogP contribution in [0.25, 0.3) is 0 Å². The van der Waals surface area contributed by atoms with Gasteiger partial charge in [0.1, 0.15) is 5.76 Å². The molecular formula is C11H15NO3. The van der Waals surface area contributed by atoms with E-state index in [-0.39, 0.29) is 5.78 Å². The second-order valence-corrected chi connectivity index (χ2v) is 4.01. The van der Waals surface area contributed by atoms with Gasteiger partial charge in [0.15, 0.2) is 5.78 Å². The second-order valence-electron chi connectivity index (χ2n) is 4.01. The summed E-state index contributed by atoms with van der Waals surface area (Å²) in [6, 6.07) is 0. The zero-order valence-corrected chi connectivity index (χ0v) is 8.86. The summed E-state index contributed by atoms with van der Waals surface area (Å²) in [5.74, 6) is 1.19. The van der Waals surface area contributed by atoms with E-state index < -0.39 is 0 Å². The Morgan fingerprint density at radius 3 is 3.20 bits per heavy atom. The predicted octanol–water partition coefficient (Wildman–Crippen LogP) is 1.85. The lowest BCUT2D eigenvalue weighted by Crippen LogP contribution is -2.19. The quantitative estimate of drug-likeness (QED) is 0.713. The summed E-state index contributed by atoms with van der Waals surface area (Å²) < 4.78 is 10.5. The van der Waals surface area contributed by atoms with Gasteiger partial charge < -0.3 is 9.26 Å². The molecular weight excluding hydrogens is 194 g/mol. The molecule has 1 aliphatic rings. The molecule has 0 spiro atoms. The molecule has 4 heteroatoms. The van der Waals surface area contributed by atoms with Crippen LogP contribution in [0.4, 0.5) is 0 Å². The van der Waals surface area contributed by atoms with Gasteiger partial charge in [-0.25, -0.2) is 0 Å². The van der Waals surface area contributed by atoms with Crippen molar-refractivity contribution < 1.29 is 14.1 Å². The third-order valence-corrected chi connectivity index (χ3v) is 2.75. The van der Waals surface area contributed by atoms with Crippen molar-refractivity contribution in [2.75, 3.05) is 13.2 Å². The maximum Gasteiger partial charge on any atom is 0.164 e. The summed E-state index contributed by atoms with van der Waals surface area (Å²) in [5.41, 5.74) is 0.612. The predicted molar refractivity (Wildman–Crippen MR) is 53.8 cm³/mol. The van der Waals surface area contributed by atoms with Crippen LogP contribution in [-0.4, -0.2) is 24.2 Å². The molecule has 0 N–H and O–H groups in total. The van der Waals surface area contributed by atoms with Crippen molar-refractivity contribution in [1.29, 1.82) is 0 Å². The highest BCUT2D eigenvalue weighted by Crippen LogP contribution is 2.21. The lowest BCUT2D eigenvalue weighted by molar-refractivity contribution is 0.0524. The average Bonchev–Trinajstić information content (AvgIpc) is 2.67. The van der Waals surface area contributed by atoms with E-state index in [0.717, 1.165) is 32.5 Å². The highest BCUT2D eigenvalue weighted by molar-refractivity contribution is 5.94. The van der Waals surface area contributed by atoms with Crippen LogP contribution >= 0.6 is 0 Å². The van der Waals surface area contributed by atoms with Crippen LogP contribution in [0.15, 0.2) is 10.7 Å². The van der Waals surface area contributed by atoms with Crippen LogP contribution in [0.5, 0.6) is 0 Å². The van der Waals surface area contributed by atoms with Gasteiger partial charge >= 0.3 is 0 Å². The Bertz CT molecular complexity index is 339. The molecule has 0 radical (unpaired) electrons. The minimum absolute atomic E-state index is 0.0166. The van der Waals surface area contributed by atoms with E-state index in [1.807, 2.05) is 0 Å². The summed E-state index contributed by atoms with van der Waals surface area (Å²) in [5, 5.41) is 3.67. The second kappa shape index (κ2) is 4.57. The summed E-state index contributed by atoms with van der Waals surface area (Å²) in [6.07, 6.45) is 4.49. The lowest BCUT2D eigenvalue weighted by atomic mass is 9.95. The maximum atomic E-state index is 11.2. The lowest BCUT2D eigenvalue weighted by Gasteiger charge is -2.20. The topological polar surface area (TPSA) is 52.3 Å². The van der Waals surface area contributed by atoms with Crippen molar-refractivity contribution in [3.63, 3.8) is 0 Å². The molecule has 15 heavy (non-hydrogen) atoms. The van der Waals surface area contributed by atoms with Crippen LogP contribution in [0, 0.1) is 5.92 Å². The molecule has 82 valence electrons. The first-order chi connectivity index (χ1) is 7.27. The molecule has 1 aliphatic heterocycles. The van der Waals surface area contributed by atoms with Crippen LogP contribution in [-0.2, 0) is 11.2 Å². The number of ketones is 1. The highest BCUT2D eigenvalue weighted by Gasteiger charge is 2.20. The minimum Gasteiger partial charge on any atom is -0.381 e. The van der Waals surface area contributed by atoms with Crippen molar-refractivity contribution in [2.45, 2.75) is 26.2 Å². The molecule has 0 bridgehead atoms. The van der Waals surface area contributed by atoms with E-state index in [9.17, 15) is 4.79 Å². The molecule has 2 rings (SSSR count). The van der Waals surface area contributed by atoms with Gasteiger partial charge in [-0.1, -0.05) is 5.16 Å². The standard InChI is InChI=1S/C11H15NO3/c1-8(13)10-6-12-15-11(10)5-9-3-2-4-14-7-9/h6,9H,2-5,7H2,1H3. The third-order valence-electron chi connectivity index (χ3n) is 2.75. The van der Waals surface area contributed by atoms with E-state index >= 15 is 0 Å². The van der Waals surface area contributed by atoms with Gasteiger partial charge in [-0.15, -0.1) is 0 Å². The minimum atomic E-state index is 0.0166. The first kappa shape index (κ1) is 10.4. The zero-order valence-electron chi connectivity index (χ0n) is 8.86.